The summed E-state index contributed by atoms with van der Waals surface area (Å²) in [7, 11) is 1.36. The standard InChI is InChI=1S/C13H12N4O2/c1-19-13(18)9-4-2-5-10-12(9)16-11(15-10)8-17-7-3-6-14-17/h2-7H,8H2,1H3,(H,15,16). The summed E-state index contributed by atoms with van der Waals surface area (Å²) < 4.78 is 6.51. The highest BCUT2D eigenvalue weighted by Gasteiger charge is 2.13. The van der Waals surface area contributed by atoms with E-state index in [1.807, 2.05) is 18.3 Å². The Morgan fingerprint density at radius 2 is 2.32 bits per heavy atom. The largest absolute Gasteiger partial charge is 0.465 e. The summed E-state index contributed by atoms with van der Waals surface area (Å²) in [5.74, 6) is 0.359. The molecule has 2 heterocycles. The average molecular weight is 256 g/mol. The van der Waals surface area contributed by atoms with E-state index in [0.29, 0.717) is 17.6 Å². The molecule has 0 bridgehead atoms. The zero-order valence-corrected chi connectivity index (χ0v) is 10.3. The van der Waals surface area contributed by atoms with E-state index in [9.17, 15) is 4.79 Å². The Labute approximate surface area is 109 Å². The normalized spacial score (nSPS) is 10.8. The topological polar surface area (TPSA) is 72.8 Å². The second-order valence-electron chi connectivity index (χ2n) is 4.08. The number of nitrogens with one attached hydrogen (secondary N) is 1. The van der Waals surface area contributed by atoms with Crippen LogP contribution in [-0.2, 0) is 11.3 Å². The third kappa shape index (κ3) is 2.08. The summed E-state index contributed by atoms with van der Waals surface area (Å²) in [6.07, 6.45) is 3.57. The van der Waals surface area contributed by atoms with Crippen LogP contribution < -0.4 is 0 Å². The molecule has 0 amide bonds. The summed E-state index contributed by atoms with van der Waals surface area (Å²) in [5, 5.41) is 4.12. The molecule has 0 saturated heterocycles. The molecule has 3 rings (SSSR count). The second kappa shape index (κ2) is 4.56. The highest BCUT2D eigenvalue weighted by atomic mass is 16.5. The lowest BCUT2D eigenvalue weighted by atomic mass is 10.2. The number of imidazole rings is 1. The molecule has 1 aromatic carbocycles. The Balaban J connectivity index is 2.03. The molecule has 0 aliphatic carbocycles. The Kier molecular flexibility index (Phi) is 2.75. The summed E-state index contributed by atoms with van der Waals surface area (Å²) >= 11 is 0. The molecule has 1 N–H and O–H groups in total. The highest BCUT2D eigenvalue weighted by molar-refractivity contribution is 6.01. The van der Waals surface area contributed by atoms with Crippen molar-refractivity contribution >= 4 is 17.0 Å². The minimum Gasteiger partial charge on any atom is -0.465 e. The molecule has 0 atom stereocenters. The smallest absolute Gasteiger partial charge is 0.340 e. The lowest BCUT2D eigenvalue weighted by molar-refractivity contribution is 0.0603. The molecular weight excluding hydrogens is 244 g/mol. The van der Waals surface area contributed by atoms with Gasteiger partial charge in [0.15, 0.2) is 0 Å². The van der Waals surface area contributed by atoms with Crippen molar-refractivity contribution in [2.75, 3.05) is 7.11 Å². The van der Waals surface area contributed by atoms with Gasteiger partial charge in [0.05, 0.1) is 24.7 Å². The minimum absolute atomic E-state index is 0.386. The van der Waals surface area contributed by atoms with E-state index in [4.69, 9.17) is 4.74 Å². The van der Waals surface area contributed by atoms with Crippen molar-refractivity contribution in [3.05, 3.63) is 48.0 Å². The Hall–Kier alpha value is -2.63. The summed E-state index contributed by atoms with van der Waals surface area (Å²) in [5.41, 5.74) is 1.89. The van der Waals surface area contributed by atoms with Crippen LogP contribution in [-0.4, -0.2) is 32.8 Å². The van der Waals surface area contributed by atoms with Crippen molar-refractivity contribution in [2.45, 2.75) is 6.54 Å². The zero-order chi connectivity index (χ0) is 13.2. The number of fused-ring (bicyclic) bond motifs is 1. The van der Waals surface area contributed by atoms with Crippen LogP contribution in [0.25, 0.3) is 11.0 Å². The van der Waals surface area contributed by atoms with E-state index in [1.54, 1.807) is 23.0 Å². The molecule has 6 nitrogen and oxygen atoms in total. The number of H-pyrrole nitrogens is 1. The predicted molar refractivity (Wildman–Crippen MR) is 68.8 cm³/mol. The van der Waals surface area contributed by atoms with Crippen LogP contribution in [0.1, 0.15) is 16.2 Å². The maximum Gasteiger partial charge on any atom is 0.340 e. The molecule has 96 valence electrons. The lowest BCUT2D eigenvalue weighted by Gasteiger charge is -1.98. The van der Waals surface area contributed by atoms with Crippen LogP contribution in [0, 0.1) is 0 Å². The third-order valence-corrected chi connectivity index (χ3v) is 2.84. The van der Waals surface area contributed by atoms with Crippen LogP contribution in [0.5, 0.6) is 0 Å². The van der Waals surface area contributed by atoms with Gasteiger partial charge in [-0.05, 0) is 18.2 Å². The van der Waals surface area contributed by atoms with Gasteiger partial charge in [0.2, 0.25) is 0 Å². The molecule has 6 heteroatoms. The van der Waals surface area contributed by atoms with Gasteiger partial charge in [0.25, 0.3) is 0 Å². The first-order chi connectivity index (χ1) is 9.28. The van der Waals surface area contributed by atoms with Crippen LogP contribution in [0.15, 0.2) is 36.7 Å². The molecule has 0 spiro atoms. The van der Waals surface area contributed by atoms with Gasteiger partial charge in [-0.2, -0.15) is 5.10 Å². The number of nitrogens with zero attached hydrogens (tertiary/aromatic N) is 3. The molecule has 0 radical (unpaired) electrons. The van der Waals surface area contributed by atoms with Crippen molar-refractivity contribution in [1.29, 1.82) is 0 Å². The predicted octanol–water partition coefficient (Wildman–Crippen LogP) is 1.59. The summed E-state index contributed by atoms with van der Waals surface area (Å²) in [4.78, 5) is 19.3. The minimum atomic E-state index is -0.386. The molecule has 3 aromatic rings. The van der Waals surface area contributed by atoms with E-state index >= 15 is 0 Å². The molecule has 2 aromatic heterocycles. The van der Waals surface area contributed by atoms with Crippen molar-refractivity contribution in [3.8, 4) is 0 Å². The maximum absolute atomic E-state index is 11.7. The third-order valence-electron chi connectivity index (χ3n) is 2.84. The van der Waals surface area contributed by atoms with E-state index in [1.165, 1.54) is 7.11 Å². The first kappa shape index (κ1) is 11.5. The van der Waals surface area contributed by atoms with Gasteiger partial charge in [-0.25, -0.2) is 9.78 Å². The fourth-order valence-corrected chi connectivity index (χ4v) is 1.98. The molecule has 0 aliphatic heterocycles. The van der Waals surface area contributed by atoms with Gasteiger partial charge in [0.1, 0.15) is 11.3 Å². The van der Waals surface area contributed by atoms with Crippen LogP contribution in [0.3, 0.4) is 0 Å². The fraction of sp³-hybridized carbons (Fsp3) is 0.154. The van der Waals surface area contributed by atoms with E-state index in [-0.39, 0.29) is 5.97 Å². The summed E-state index contributed by atoms with van der Waals surface area (Å²) in [6, 6.07) is 7.22. The van der Waals surface area contributed by atoms with Gasteiger partial charge in [-0.15, -0.1) is 0 Å². The van der Waals surface area contributed by atoms with Gasteiger partial charge < -0.3 is 9.72 Å². The van der Waals surface area contributed by atoms with Gasteiger partial charge in [-0.1, -0.05) is 6.07 Å². The number of methoxy groups -OCH3 is 1. The molecule has 0 aliphatic rings. The van der Waals surface area contributed by atoms with Crippen LogP contribution >= 0.6 is 0 Å². The van der Waals surface area contributed by atoms with Gasteiger partial charge in [-0.3, -0.25) is 4.68 Å². The number of carbonyl (C=O) groups is 1. The monoisotopic (exact) mass is 256 g/mol. The number of hydrogen-bond donors (Lipinski definition) is 1. The van der Waals surface area contributed by atoms with Crippen molar-refractivity contribution in [3.63, 3.8) is 0 Å². The Morgan fingerprint density at radius 3 is 3.05 bits per heavy atom. The second-order valence-corrected chi connectivity index (χ2v) is 4.08. The van der Waals surface area contributed by atoms with E-state index in [2.05, 4.69) is 15.1 Å². The molecule has 19 heavy (non-hydrogen) atoms. The quantitative estimate of drug-likeness (QED) is 0.722. The number of hydrogen-bond acceptors (Lipinski definition) is 4. The average Bonchev–Trinajstić information content (AvgIpc) is 3.06. The Morgan fingerprint density at radius 1 is 1.42 bits per heavy atom. The number of esters is 1. The molecular formula is C13H12N4O2. The highest BCUT2D eigenvalue weighted by Crippen LogP contribution is 2.17. The van der Waals surface area contributed by atoms with E-state index < -0.39 is 0 Å². The van der Waals surface area contributed by atoms with E-state index in [0.717, 1.165) is 11.3 Å². The van der Waals surface area contributed by atoms with Crippen molar-refractivity contribution < 1.29 is 9.53 Å². The van der Waals surface area contributed by atoms with Crippen LogP contribution in [0.4, 0.5) is 0 Å². The Bertz CT molecular complexity index is 715. The first-order valence-corrected chi connectivity index (χ1v) is 5.81. The molecule has 0 unspecified atom stereocenters. The zero-order valence-electron chi connectivity index (χ0n) is 10.3. The number of rotatable bonds is 3. The number of para-hydroxylation sites is 1. The number of carbonyl (C=O) groups excluding carboxylic acids is 1. The number of ether oxygens (including phenoxy) is 1. The number of aromatic nitrogens is 4. The molecule has 0 fully saturated rings. The van der Waals surface area contributed by atoms with Gasteiger partial charge >= 0.3 is 5.97 Å². The SMILES string of the molecule is COC(=O)c1cccc2[nH]c(Cn3cccn3)nc12. The molecule has 0 saturated carbocycles. The number of aromatic amines is 1. The van der Waals surface area contributed by atoms with Gasteiger partial charge in [0, 0.05) is 12.4 Å². The maximum atomic E-state index is 11.7. The lowest BCUT2D eigenvalue weighted by Crippen LogP contribution is -2.02. The van der Waals surface area contributed by atoms with Crippen molar-refractivity contribution in [1.82, 2.24) is 19.7 Å². The fourth-order valence-electron chi connectivity index (χ4n) is 1.98. The summed E-state index contributed by atoms with van der Waals surface area (Å²) in [6.45, 7) is 0.530. The van der Waals surface area contributed by atoms with Crippen LogP contribution in [0.2, 0.25) is 0 Å². The van der Waals surface area contributed by atoms with Crippen molar-refractivity contribution in [2.24, 2.45) is 0 Å². The first-order valence-electron chi connectivity index (χ1n) is 5.81. The number of benzene rings is 1.